The van der Waals surface area contributed by atoms with Gasteiger partial charge in [0.2, 0.25) is 0 Å². The lowest BCUT2D eigenvalue weighted by Crippen LogP contribution is -2.25. The third-order valence-corrected chi connectivity index (χ3v) is 5.77. The van der Waals surface area contributed by atoms with Crippen LogP contribution in [-0.4, -0.2) is 60.8 Å². The molecule has 2 aromatic rings. The number of benzene rings is 2. The van der Waals surface area contributed by atoms with Gasteiger partial charge in [0.05, 0.1) is 0 Å². The molecule has 0 radical (unpaired) electrons. The highest BCUT2D eigenvalue weighted by molar-refractivity contribution is 5.87. The fraction of sp³-hybridized carbons (Fsp3) is 0.400. The fourth-order valence-corrected chi connectivity index (χ4v) is 3.46. The number of ether oxygens (including phenoxy) is 4. The van der Waals surface area contributed by atoms with Gasteiger partial charge in [0.25, 0.3) is 0 Å². The molecule has 0 aliphatic heterocycles. The highest BCUT2D eigenvalue weighted by Gasteiger charge is 2.15. The van der Waals surface area contributed by atoms with Crippen LogP contribution in [0.3, 0.4) is 0 Å². The fourth-order valence-electron chi connectivity index (χ4n) is 3.46. The minimum atomic E-state index is -0.951. The molecule has 0 amide bonds. The molecular formula is C30H38O8. The van der Waals surface area contributed by atoms with Gasteiger partial charge in [0.1, 0.15) is 50.1 Å². The summed E-state index contributed by atoms with van der Waals surface area (Å²) in [4.78, 5) is 22.9. The van der Waals surface area contributed by atoms with Crippen LogP contribution in [0.1, 0.15) is 48.9 Å². The number of hydrogen-bond acceptors (Lipinski definition) is 8. The summed E-state index contributed by atoms with van der Waals surface area (Å²) in [5.74, 6) is 0.271. The molecule has 0 spiro atoms. The van der Waals surface area contributed by atoms with E-state index in [1.54, 1.807) is 13.8 Å². The number of rotatable bonds is 14. The van der Waals surface area contributed by atoms with Crippen LogP contribution in [0, 0.1) is 13.8 Å². The molecule has 2 unspecified atom stereocenters. The first-order valence-corrected chi connectivity index (χ1v) is 12.4. The summed E-state index contributed by atoms with van der Waals surface area (Å²) in [5, 5.41) is 20.1. The van der Waals surface area contributed by atoms with E-state index in [-0.39, 0.29) is 43.5 Å². The van der Waals surface area contributed by atoms with E-state index >= 15 is 0 Å². The maximum Gasteiger partial charge on any atom is 0.333 e. The van der Waals surface area contributed by atoms with Crippen LogP contribution in [0.2, 0.25) is 0 Å². The van der Waals surface area contributed by atoms with Gasteiger partial charge in [-0.15, -0.1) is 0 Å². The molecule has 0 aromatic heterocycles. The third kappa shape index (κ3) is 9.36. The summed E-state index contributed by atoms with van der Waals surface area (Å²) in [6.07, 6.45) is -1.90. The Hall–Kier alpha value is -3.62. The number of carbonyl (C=O) groups excluding carboxylic acids is 2. The largest absolute Gasteiger partial charge is 0.490 e. The summed E-state index contributed by atoms with van der Waals surface area (Å²) in [6.45, 7) is 15.7. The van der Waals surface area contributed by atoms with Gasteiger partial charge in [-0.05, 0) is 62.1 Å². The Labute approximate surface area is 224 Å². The monoisotopic (exact) mass is 526 g/mol. The third-order valence-electron chi connectivity index (χ3n) is 5.77. The second kappa shape index (κ2) is 14.4. The maximum atomic E-state index is 11.4. The summed E-state index contributed by atoms with van der Waals surface area (Å²) >= 11 is 0. The molecule has 0 aliphatic carbocycles. The molecule has 0 bridgehead atoms. The molecule has 8 nitrogen and oxygen atoms in total. The Morgan fingerprint density at radius 2 is 1.11 bits per heavy atom. The van der Waals surface area contributed by atoms with Crippen LogP contribution in [0.5, 0.6) is 11.5 Å². The number of esters is 2. The van der Waals surface area contributed by atoms with Crippen LogP contribution in [-0.2, 0) is 19.1 Å². The summed E-state index contributed by atoms with van der Waals surface area (Å²) < 4.78 is 21.3. The average molecular weight is 527 g/mol. The molecule has 0 heterocycles. The van der Waals surface area contributed by atoms with E-state index in [2.05, 4.69) is 20.1 Å². The van der Waals surface area contributed by atoms with E-state index in [1.165, 1.54) is 0 Å². The summed E-state index contributed by atoms with van der Waals surface area (Å²) in [5.41, 5.74) is 4.56. The first kappa shape index (κ1) is 30.6. The van der Waals surface area contributed by atoms with Crippen LogP contribution in [0.25, 0.3) is 0 Å². The van der Waals surface area contributed by atoms with Gasteiger partial charge < -0.3 is 29.2 Å². The second-order valence-corrected chi connectivity index (χ2v) is 9.46. The van der Waals surface area contributed by atoms with Crippen LogP contribution < -0.4 is 9.47 Å². The van der Waals surface area contributed by atoms with Gasteiger partial charge in [0.15, 0.2) is 0 Å². The number of aliphatic hydroxyl groups excluding tert-OH is 2. The molecular weight excluding hydrogens is 488 g/mol. The Kier molecular flexibility index (Phi) is 11.6. The van der Waals surface area contributed by atoms with Gasteiger partial charge in [0, 0.05) is 17.1 Å². The minimum absolute atomic E-state index is 0.00903. The normalized spacial score (nSPS) is 13.1. The van der Waals surface area contributed by atoms with Crippen molar-refractivity contribution >= 4 is 11.9 Å². The molecule has 2 atom stereocenters. The van der Waals surface area contributed by atoms with Crippen molar-refractivity contribution in [3.05, 3.63) is 83.0 Å². The Morgan fingerprint density at radius 1 is 0.737 bits per heavy atom. The first-order valence-electron chi connectivity index (χ1n) is 12.4. The van der Waals surface area contributed by atoms with Gasteiger partial charge in [-0.25, -0.2) is 9.59 Å². The summed E-state index contributed by atoms with van der Waals surface area (Å²) in [6, 6.07) is 11.7. The standard InChI is InChI=1S/C30H38O8/c1-18(2)29(33)37-16-25(31)14-35-27-10-8-23(12-20(27)5)22(7)24-9-11-28(21(6)13-24)36-15-26(32)17-38-30(34)19(3)4/h8-13,22,25-26,31-32H,1,3,14-17H2,2,4-7H3. The smallest absolute Gasteiger partial charge is 0.333 e. The average Bonchev–Trinajstić information content (AvgIpc) is 2.88. The zero-order chi connectivity index (χ0) is 28.4. The topological polar surface area (TPSA) is 112 Å². The zero-order valence-electron chi connectivity index (χ0n) is 22.8. The van der Waals surface area contributed by atoms with Gasteiger partial charge in [-0.3, -0.25) is 0 Å². The lowest BCUT2D eigenvalue weighted by Gasteiger charge is -2.19. The number of aliphatic hydroxyl groups is 2. The number of aryl methyl sites for hydroxylation is 2. The van der Waals surface area contributed by atoms with Crippen molar-refractivity contribution in [3.8, 4) is 11.5 Å². The van der Waals surface area contributed by atoms with Crippen molar-refractivity contribution in [1.82, 2.24) is 0 Å². The van der Waals surface area contributed by atoms with Crippen LogP contribution in [0.15, 0.2) is 60.7 Å². The highest BCUT2D eigenvalue weighted by Crippen LogP contribution is 2.31. The molecule has 2 aromatic carbocycles. The molecule has 2 rings (SSSR count). The lowest BCUT2D eigenvalue weighted by molar-refractivity contribution is -0.143. The van der Waals surface area contributed by atoms with E-state index in [4.69, 9.17) is 18.9 Å². The van der Waals surface area contributed by atoms with Crippen molar-refractivity contribution in [2.45, 2.75) is 52.7 Å². The van der Waals surface area contributed by atoms with E-state index in [9.17, 15) is 19.8 Å². The van der Waals surface area contributed by atoms with Gasteiger partial charge in [-0.2, -0.15) is 0 Å². The second-order valence-electron chi connectivity index (χ2n) is 9.46. The van der Waals surface area contributed by atoms with E-state index < -0.39 is 24.1 Å². The predicted octanol–water partition coefficient (Wildman–Crippen LogP) is 4.17. The van der Waals surface area contributed by atoms with Crippen molar-refractivity contribution in [1.29, 1.82) is 0 Å². The Bertz CT molecular complexity index is 1060. The molecule has 38 heavy (non-hydrogen) atoms. The SMILES string of the molecule is C=C(C)C(=O)OCC(O)COc1ccc(C(C)c2ccc(OCC(O)COC(=O)C(=C)C)c(C)c2)cc1C. The molecule has 0 saturated heterocycles. The molecule has 0 aliphatic rings. The summed E-state index contributed by atoms with van der Waals surface area (Å²) in [7, 11) is 0. The molecule has 2 N–H and O–H groups in total. The van der Waals surface area contributed by atoms with E-state index in [0.717, 1.165) is 22.3 Å². The van der Waals surface area contributed by atoms with Crippen LogP contribution >= 0.6 is 0 Å². The highest BCUT2D eigenvalue weighted by atomic mass is 16.6. The minimum Gasteiger partial charge on any atom is -0.490 e. The van der Waals surface area contributed by atoms with E-state index in [0.29, 0.717) is 11.5 Å². The van der Waals surface area contributed by atoms with Crippen molar-refractivity contribution in [2.75, 3.05) is 26.4 Å². The van der Waals surface area contributed by atoms with Crippen molar-refractivity contribution in [3.63, 3.8) is 0 Å². The molecule has 0 saturated carbocycles. The zero-order valence-corrected chi connectivity index (χ0v) is 22.8. The Balaban J connectivity index is 1.93. The van der Waals surface area contributed by atoms with Crippen molar-refractivity contribution in [2.24, 2.45) is 0 Å². The maximum absolute atomic E-state index is 11.4. The van der Waals surface area contributed by atoms with Gasteiger partial charge >= 0.3 is 11.9 Å². The van der Waals surface area contributed by atoms with Crippen molar-refractivity contribution < 1.29 is 38.7 Å². The molecule has 206 valence electrons. The number of carbonyl (C=O) groups is 2. The van der Waals surface area contributed by atoms with Gasteiger partial charge in [-0.1, -0.05) is 44.3 Å². The first-order chi connectivity index (χ1) is 17.9. The van der Waals surface area contributed by atoms with Crippen LogP contribution in [0.4, 0.5) is 0 Å². The molecule has 8 heteroatoms. The Morgan fingerprint density at radius 3 is 1.42 bits per heavy atom. The lowest BCUT2D eigenvalue weighted by atomic mass is 9.91. The molecule has 0 fully saturated rings. The predicted molar refractivity (Wildman–Crippen MR) is 144 cm³/mol. The van der Waals surface area contributed by atoms with E-state index in [1.807, 2.05) is 50.2 Å². The quantitative estimate of drug-likeness (QED) is 0.279. The number of hydrogen-bond donors (Lipinski definition) is 2.